The van der Waals surface area contributed by atoms with E-state index in [2.05, 4.69) is 10.3 Å². The summed E-state index contributed by atoms with van der Waals surface area (Å²) in [5.41, 5.74) is 0.557. The maximum absolute atomic E-state index is 12.3. The number of amides is 1. The van der Waals surface area contributed by atoms with Crippen LogP contribution in [0.25, 0.3) is 0 Å². The molecule has 0 saturated heterocycles. The summed E-state index contributed by atoms with van der Waals surface area (Å²) in [5.74, 6) is 1.13. The smallest absolute Gasteiger partial charge is 0.251 e. The van der Waals surface area contributed by atoms with Crippen molar-refractivity contribution in [2.75, 3.05) is 0 Å². The van der Waals surface area contributed by atoms with Crippen LogP contribution in [0.2, 0.25) is 0 Å². The van der Waals surface area contributed by atoms with E-state index in [4.69, 9.17) is 4.74 Å². The van der Waals surface area contributed by atoms with Gasteiger partial charge in [-0.3, -0.25) is 9.78 Å². The quantitative estimate of drug-likeness (QED) is 0.910. The molecule has 1 fully saturated rings. The Morgan fingerprint density at radius 2 is 1.91 bits per heavy atom. The lowest BCUT2D eigenvalue weighted by atomic mass is 9.92. The van der Waals surface area contributed by atoms with Crippen LogP contribution in [0.15, 0.2) is 48.8 Å². The van der Waals surface area contributed by atoms with Crippen LogP contribution in [-0.4, -0.2) is 28.1 Å². The highest BCUT2D eigenvalue weighted by molar-refractivity contribution is 5.94. The molecule has 0 bridgehead atoms. The Labute approximate surface area is 135 Å². The molecule has 2 aromatic rings. The van der Waals surface area contributed by atoms with E-state index in [0.717, 1.165) is 25.7 Å². The number of hydrogen-bond acceptors (Lipinski definition) is 4. The molecule has 3 rings (SSSR count). The monoisotopic (exact) mass is 312 g/mol. The maximum atomic E-state index is 12.3. The van der Waals surface area contributed by atoms with Crippen LogP contribution in [0.5, 0.6) is 11.5 Å². The number of carbonyl (C=O) groups is 1. The minimum Gasteiger partial charge on any atom is -0.456 e. The Bertz CT molecular complexity index is 643. The molecule has 1 heterocycles. The van der Waals surface area contributed by atoms with E-state index in [1.54, 1.807) is 42.7 Å². The highest BCUT2D eigenvalue weighted by atomic mass is 16.5. The second-order valence-electron chi connectivity index (χ2n) is 5.75. The van der Waals surface area contributed by atoms with Crippen molar-refractivity contribution in [2.45, 2.75) is 37.8 Å². The summed E-state index contributed by atoms with van der Waals surface area (Å²) < 4.78 is 5.65. The molecule has 1 aliphatic carbocycles. The van der Waals surface area contributed by atoms with Gasteiger partial charge in [0.2, 0.25) is 0 Å². The van der Waals surface area contributed by atoms with Crippen molar-refractivity contribution in [3.8, 4) is 11.5 Å². The third-order valence-electron chi connectivity index (χ3n) is 4.03. The molecule has 0 radical (unpaired) electrons. The Kier molecular flexibility index (Phi) is 4.88. The standard InChI is InChI=1S/C18H20N2O3/c21-17-6-2-1-5-16(17)20-18(22)13-7-9-14(10-8-13)23-15-4-3-11-19-12-15/h3-4,7-12,16-17,21H,1-2,5-6H2,(H,20,22). The van der Waals surface area contributed by atoms with Crippen molar-refractivity contribution in [2.24, 2.45) is 0 Å². The van der Waals surface area contributed by atoms with Crippen LogP contribution in [0, 0.1) is 0 Å². The largest absolute Gasteiger partial charge is 0.456 e. The highest BCUT2D eigenvalue weighted by Crippen LogP contribution is 2.21. The predicted octanol–water partition coefficient (Wildman–Crippen LogP) is 2.91. The zero-order valence-corrected chi connectivity index (χ0v) is 12.8. The molecule has 23 heavy (non-hydrogen) atoms. The van der Waals surface area contributed by atoms with Crippen LogP contribution < -0.4 is 10.1 Å². The fraction of sp³-hybridized carbons (Fsp3) is 0.333. The molecule has 120 valence electrons. The number of carbonyl (C=O) groups excluding carboxylic acids is 1. The first-order valence-corrected chi connectivity index (χ1v) is 7.89. The second kappa shape index (κ2) is 7.24. The molecular formula is C18H20N2O3. The average Bonchev–Trinajstić information content (AvgIpc) is 2.58. The van der Waals surface area contributed by atoms with Crippen molar-refractivity contribution < 1.29 is 14.6 Å². The SMILES string of the molecule is O=C(NC1CCCCC1O)c1ccc(Oc2cccnc2)cc1. The van der Waals surface area contributed by atoms with Gasteiger partial charge in [0.1, 0.15) is 11.5 Å². The molecule has 2 atom stereocenters. The molecule has 1 aromatic heterocycles. The molecule has 1 saturated carbocycles. The van der Waals surface area contributed by atoms with Gasteiger partial charge in [-0.05, 0) is 49.2 Å². The Hall–Kier alpha value is -2.40. The van der Waals surface area contributed by atoms with E-state index in [1.165, 1.54) is 0 Å². The number of hydrogen-bond donors (Lipinski definition) is 2. The lowest BCUT2D eigenvalue weighted by molar-refractivity contribution is 0.0717. The van der Waals surface area contributed by atoms with Crippen LogP contribution >= 0.6 is 0 Å². The molecular weight excluding hydrogens is 292 g/mol. The lowest BCUT2D eigenvalue weighted by Gasteiger charge is -2.28. The molecule has 2 unspecified atom stereocenters. The molecule has 5 heteroatoms. The average molecular weight is 312 g/mol. The first-order valence-electron chi connectivity index (χ1n) is 7.89. The number of nitrogens with zero attached hydrogens (tertiary/aromatic N) is 1. The number of benzene rings is 1. The van der Waals surface area contributed by atoms with Crippen molar-refractivity contribution >= 4 is 5.91 Å². The Balaban J connectivity index is 1.61. The second-order valence-corrected chi connectivity index (χ2v) is 5.75. The topological polar surface area (TPSA) is 71.5 Å². The van der Waals surface area contributed by atoms with Crippen LogP contribution in [0.1, 0.15) is 36.0 Å². The summed E-state index contributed by atoms with van der Waals surface area (Å²) >= 11 is 0. The van der Waals surface area contributed by atoms with Crippen LogP contribution in [0.4, 0.5) is 0 Å². The van der Waals surface area contributed by atoms with E-state index < -0.39 is 6.10 Å². The fourth-order valence-electron chi connectivity index (χ4n) is 2.75. The molecule has 1 amide bonds. The van der Waals surface area contributed by atoms with E-state index in [9.17, 15) is 9.90 Å². The van der Waals surface area contributed by atoms with Gasteiger partial charge in [-0.1, -0.05) is 12.8 Å². The summed E-state index contributed by atoms with van der Waals surface area (Å²) in [6.45, 7) is 0. The normalized spacial score (nSPS) is 20.7. The first kappa shape index (κ1) is 15.5. The number of aliphatic hydroxyl groups is 1. The summed E-state index contributed by atoms with van der Waals surface area (Å²) in [6.07, 6.45) is 6.51. The minimum absolute atomic E-state index is 0.150. The van der Waals surface area contributed by atoms with Gasteiger partial charge in [0.15, 0.2) is 0 Å². The number of pyridine rings is 1. The molecule has 1 aliphatic rings. The van der Waals surface area contributed by atoms with Crippen LogP contribution in [-0.2, 0) is 0 Å². The summed E-state index contributed by atoms with van der Waals surface area (Å²) in [5, 5.41) is 12.8. The van der Waals surface area contributed by atoms with Crippen molar-refractivity contribution in [1.29, 1.82) is 0 Å². The highest BCUT2D eigenvalue weighted by Gasteiger charge is 2.24. The van der Waals surface area contributed by atoms with Crippen molar-refractivity contribution in [3.05, 3.63) is 54.4 Å². The molecule has 0 aliphatic heterocycles. The van der Waals surface area contributed by atoms with Gasteiger partial charge >= 0.3 is 0 Å². The van der Waals surface area contributed by atoms with Crippen molar-refractivity contribution in [3.63, 3.8) is 0 Å². The summed E-state index contributed by atoms with van der Waals surface area (Å²) in [6, 6.07) is 10.4. The van der Waals surface area contributed by atoms with Gasteiger partial charge < -0.3 is 15.2 Å². The number of rotatable bonds is 4. The maximum Gasteiger partial charge on any atom is 0.251 e. The number of aliphatic hydroxyl groups excluding tert-OH is 1. The van der Waals surface area contributed by atoms with Gasteiger partial charge in [-0.25, -0.2) is 0 Å². The zero-order valence-electron chi connectivity index (χ0n) is 12.8. The van der Waals surface area contributed by atoms with Gasteiger partial charge in [0.05, 0.1) is 18.3 Å². The molecule has 2 N–H and O–H groups in total. The number of nitrogens with one attached hydrogen (secondary N) is 1. The molecule has 1 aromatic carbocycles. The van der Waals surface area contributed by atoms with E-state index in [-0.39, 0.29) is 11.9 Å². The van der Waals surface area contributed by atoms with E-state index in [1.807, 2.05) is 6.07 Å². The zero-order chi connectivity index (χ0) is 16.1. The molecule has 0 spiro atoms. The van der Waals surface area contributed by atoms with Crippen LogP contribution in [0.3, 0.4) is 0 Å². The Morgan fingerprint density at radius 1 is 1.13 bits per heavy atom. The van der Waals surface area contributed by atoms with E-state index >= 15 is 0 Å². The summed E-state index contributed by atoms with van der Waals surface area (Å²) in [7, 11) is 0. The van der Waals surface area contributed by atoms with E-state index in [0.29, 0.717) is 17.1 Å². The third-order valence-corrected chi connectivity index (χ3v) is 4.03. The summed E-state index contributed by atoms with van der Waals surface area (Å²) in [4.78, 5) is 16.2. The first-order chi connectivity index (χ1) is 11.2. The minimum atomic E-state index is -0.444. The van der Waals surface area contributed by atoms with Gasteiger partial charge in [-0.2, -0.15) is 0 Å². The van der Waals surface area contributed by atoms with Gasteiger partial charge in [0.25, 0.3) is 5.91 Å². The third kappa shape index (κ3) is 4.07. The van der Waals surface area contributed by atoms with Gasteiger partial charge in [0, 0.05) is 11.8 Å². The van der Waals surface area contributed by atoms with Gasteiger partial charge in [-0.15, -0.1) is 0 Å². The number of aromatic nitrogens is 1. The fourth-order valence-corrected chi connectivity index (χ4v) is 2.75. The number of ether oxygens (including phenoxy) is 1. The molecule has 5 nitrogen and oxygen atoms in total. The lowest BCUT2D eigenvalue weighted by Crippen LogP contribution is -2.45. The van der Waals surface area contributed by atoms with Crippen molar-refractivity contribution in [1.82, 2.24) is 10.3 Å². The predicted molar refractivity (Wildman–Crippen MR) is 86.5 cm³/mol. The Morgan fingerprint density at radius 3 is 2.61 bits per heavy atom.